The van der Waals surface area contributed by atoms with Crippen molar-refractivity contribution in [3.05, 3.63) is 45.6 Å². The minimum Gasteiger partial charge on any atom is -0.493 e. The topological polar surface area (TPSA) is 132 Å². The molecule has 0 aromatic heterocycles. The van der Waals surface area contributed by atoms with E-state index in [-0.39, 0.29) is 40.7 Å². The zero-order valence-electron chi connectivity index (χ0n) is 27.3. The number of hydrogen-bond donors (Lipinski definition) is 2. The van der Waals surface area contributed by atoms with E-state index in [1.54, 1.807) is 31.3 Å². The first-order chi connectivity index (χ1) is 21.6. The Balaban J connectivity index is 1.80. The smallest absolute Gasteiger partial charge is 0.308 e. The first-order valence-electron chi connectivity index (χ1n) is 15.5. The molecule has 11 nitrogen and oxygen atoms in total. The Morgan fingerprint density at radius 1 is 0.978 bits per heavy atom. The summed E-state index contributed by atoms with van der Waals surface area (Å²) >= 11 is 0. The molecule has 45 heavy (non-hydrogen) atoms. The molecule has 2 aromatic rings. The number of nitrogens with one attached hydrogen (secondary N) is 2. The van der Waals surface area contributed by atoms with Gasteiger partial charge in [-0.2, -0.15) is 0 Å². The summed E-state index contributed by atoms with van der Waals surface area (Å²) < 4.78 is 22.0. The van der Waals surface area contributed by atoms with Crippen molar-refractivity contribution in [2.24, 2.45) is 11.8 Å². The molecule has 0 unspecified atom stereocenters. The van der Waals surface area contributed by atoms with Gasteiger partial charge in [-0.1, -0.05) is 26.3 Å². The van der Waals surface area contributed by atoms with Crippen LogP contribution in [0.15, 0.2) is 29.1 Å². The molecule has 0 bridgehead atoms. The molecule has 0 radical (unpaired) electrons. The number of likely N-dealkylation sites (tertiary alicyclic amines) is 1. The number of hydrogen-bond acceptors (Lipinski definition) is 9. The lowest BCUT2D eigenvalue weighted by Crippen LogP contribution is -2.50. The van der Waals surface area contributed by atoms with E-state index in [2.05, 4.69) is 10.6 Å². The molecular formula is C34H45N3O8. The Morgan fingerprint density at radius 3 is 2.24 bits per heavy atom. The lowest BCUT2D eigenvalue weighted by Gasteiger charge is -2.35. The second kappa shape index (κ2) is 14.7. The molecule has 1 aliphatic carbocycles. The van der Waals surface area contributed by atoms with Crippen LogP contribution in [0.1, 0.15) is 63.6 Å². The van der Waals surface area contributed by atoms with Crippen LogP contribution in [-0.2, 0) is 25.5 Å². The number of methoxy groups -OCH3 is 4. The summed E-state index contributed by atoms with van der Waals surface area (Å²) in [6, 6.07) is 5.89. The summed E-state index contributed by atoms with van der Waals surface area (Å²) in [5, 5.41) is 6.31. The SMILES string of the molecule is CC[C@@H](C)[C@@H](Nc1ccc2c(cc1=O)[C@H](NC(C)=O)CCc1cc(OC)c(OC)c(OC)c1-2)C(=O)N1CCC(C(=O)OC)CC1. The predicted molar refractivity (Wildman–Crippen MR) is 171 cm³/mol. The van der Waals surface area contributed by atoms with Crippen molar-refractivity contribution in [2.45, 2.75) is 65.0 Å². The molecule has 0 spiro atoms. The van der Waals surface area contributed by atoms with Crippen molar-refractivity contribution in [1.82, 2.24) is 10.2 Å². The highest BCUT2D eigenvalue weighted by Crippen LogP contribution is 2.50. The Morgan fingerprint density at radius 2 is 1.67 bits per heavy atom. The second-order valence-electron chi connectivity index (χ2n) is 11.7. The number of carbonyl (C=O) groups excluding carboxylic acids is 3. The zero-order chi connectivity index (χ0) is 32.8. The van der Waals surface area contributed by atoms with E-state index < -0.39 is 12.1 Å². The van der Waals surface area contributed by atoms with Crippen LogP contribution in [0.25, 0.3) is 11.1 Å². The van der Waals surface area contributed by atoms with Gasteiger partial charge in [0.25, 0.3) is 0 Å². The van der Waals surface area contributed by atoms with Gasteiger partial charge in [0.15, 0.2) is 11.5 Å². The Bertz CT molecular complexity index is 1480. The van der Waals surface area contributed by atoms with Crippen LogP contribution in [0.3, 0.4) is 0 Å². The summed E-state index contributed by atoms with van der Waals surface area (Å²) in [5.74, 6) is 0.531. The van der Waals surface area contributed by atoms with E-state index in [0.717, 1.165) is 11.1 Å². The predicted octanol–water partition coefficient (Wildman–Crippen LogP) is 4.10. The van der Waals surface area contributed by atoms with E-state index in [9.17, 15) is 19.2 Å². The number of rotatable bonds is 10. The van der Waals surface area contributed by atoms with Gasteiger partial charge >= 0.3 is 5.97 Å². The fraction of sp³-hybridized carbons (Fsp3) is 0.529. The normalized spacial score (nSPS) is 17.5. The summed E-state index contributed by atoms with van der Waals surface area (Å²) in [7, 11) is 6.03. The van der Waals surface area contributed by atoms with Crippen LogP contribution in [-0.4, -0.2) is 70.3 Å². The van der Waals surface area contributed by atoms with Crippen molar-refractivity contribution in [1.29, 1.82) is 0 Å². The summed E-state index contributed by atoms with van der Waals surface area (Å²) in [6.07, 6.45) is 2.91. The van der Waals surface area contributed by atoms with E-state index in [1.807, 2.05) is 26.0 Å². The molecule has 3 atom stereocenters. The molecule has 2 aliphatic rings. The molecule has 0 saturated carbocycles. The molecule has 2 aromatic carbocycles. The summed E-state index contributed by atoms with van der Waals surface area (Å²) in [6.45, 7) is 6.31. The number of benzene rings is 1. The van der Waals surface area contributed by atoms with Crippen LogP contribution in [0, 0.1) is 11.8 Å². The van der Waals surface area contributed by atoms with Crippen molar-refractivity contribution < 1.29 is 33.3 Å². The lowest BCUT2D eigenvalue weighted by atomic mass is 9.93. The monoisotopic (exact) mass is 623 g/mol. The fourth-order valence-corrected chi connectivity index (χ4v) is 6.38. The van der Waals surface area contributed by atoms with Crippen molar-refractivity contribution >= 4 is 23.5 Å². The maximum Gasteiger partial charge on any atom is 0.308 e. The Hall–Kier alpha value is -4.28. The maximum absolute atomic E-state index is 13.9. The van der Waals surface area contributed by atoms with Gasteiger partial charge in [0.2, 0.25) is 23.0 Å². The lowest BCUT2D eigenvalue weighted by molar-refractivity contribution is -0.149. The van der Waals surface area contributed by atoms with Crippen LogP contribution in [0.4, 0.5) is 5.69 Å². The third-order valence-electron chi connectivity index (χ3n) is 9.05. The number of nitrogens with zero attached hydrogens (tertiary/aromatic N) is 1. The van der Waals surface area contributed by atoms with Crippen molar-refractivity contribution in [2.75, 3.05) is 46.8 Å². The van der Waals surface area contributed by atoms with E-state index in [1.165, 1.54) is 21.1 Å². The van der Waals surface area contributed by atoms with Gasteiger partial charge in [0.05, 0.1) is 46.1 Å². The largest absolute Gasteiger partial charge is 0.493 e. The highest BCUT2D eigenvalue weighted by Gasteiger charge is 2.34. The molecule has 2 amide bonds. The molecule has 1 saturated heterocycles. The molecule has 11 heteroatoms. The van der Waals surface area contributed by atoms with Crippen LogP contribution in [0.5, 0.6) is 17.2 Å². The number of carbonyl (C=O) groups is 3. The molecule has 1 fully saturated rings. The van der Waals surface area contributed by atoms with Gasteiger partial charge in [0.1, 0.15) is 6.04 Å². The maximum atomic E-state index is 13.9. The van der Waals surface area contributed by atoms with E-state index >= 15 is 0 Å². The number of fused-ring (bicyclic) bond motifs is 3. The van der Waals surface area contributed by atoms with Gasteiger partial charge in [-0.05, 0) is 66.5 Å². The number of piperidine rings is 1. The molecule has 1 aliphatic heterocycles. The van der Waals surface area contributed by atoms with E-state index in [0.29, 0.717) is 73.6 Å². The van der Waals surface area contributed by atoms with Gasteiger partial charge < -0.3 is 34.5 Å². The van der Waals surface area contributed by atoms with Gasteiger partial charge in [-0.3, -0.25) is 19.2 Å². The number of amides is 2. The standard InChI is InChI=1S/C34H45N3O8/c1-8-19(2)30(33(40)37-15-13-21(14-16-37)34(41)45-7)36-26-12-10-23-24(18-27(26)39)25(35-20(3)38)11-9-22-17-28(42-4)31(43-5)32(44-6)29(22)23/h10,12,17-19,21,25,30H,8-9,11,13-16H2,1-7H3,(H,35,38)(H,36,39)/t19-,25-,30-/m1/s1. The quantitative estimate of drug-likeness (QED) is 0.376. The van der Waals surface area contributed by atoms with Gasteiger partial charge in [-0.25, -0.2) is 0 Å². The van der Waals surface area contributed by atoms with Crippen molar-refractivity contribution in [3.8, 4) is 28.4 Å². The number of anilines is 1. The average molecular weight is 624 g/mol. The molecule has 4 rings (SSSR count). The van der Waals surface area contributed by atoms with Crippen LogP contribution >= 0.6 is 0 Å². The van der Waals surface area contributed by atoms with Crippen LogP contribution in [0.2, 0.25) is 0 Å². The molecular weight excluding hydrogens is 578 g/mol. The molecule has 1 heterocycles. The third-order valence-corrected chi connectivity index (χ3v) is 9.05. The number of ether oxygens (including phenoxy) is 4. The minimum absolute atomic E-state index is 0.0803. The molecule has 2 N–H and O–H groups in total. The van der Waals surface area contributed by atoms with Crippen molar-refractivity contribution in [3.63, 3.8) is 0 Å². The highest BCUT2D eigenvalue weighted by molar-refractivity contribution is 5.86. The third kappa shape index (κ3) is 7.02. The second-order valence-corrected chi connectivity index (χ2v) is 11.7. The Labute approximate surface area is 264 Å². The zero-order valence-corrected chi connectivity index (χ0v) is 27.3. The first kappa shape index (κ1) is 33.6. The van der Waals surface area contributed by atoms with Gasteiger partial charge in [-0.15, -0.1) is 0 Å². The summed E-state index contributed by atoms with van der Waals surface area (Å²) in [5.41, 5.74) is 3.00. The fourth-order valence-electron chi connectivity index (χ4n) is 6.38. The summed E-state index contributed by atoms with van der Waals surface area (Å²) in [4.78, 5) is 53.8. The number of esters is 1. The van der Waals surface area contributed by atoms with Gasteiger partial charge in [0, 0.05) is 25.6 Å². The number of aryl methyl sites for hydroxylation is 1. The Kier molecular flexibility index (Phi) is 11.0. The van der Waals surface area contributed by atoms with E-state index in [4.69, 9.17) is 18.9 Å². The minimum atomic E-state index is -0.656. The highest BCUT2D eigenvalue weighted by atomic mass is 16.5. The molecule has 244 valence electrons. The van der Waals surface area contributed by atoms with Crippen LogP contribution < -0.4 is 30.3 Å². The average Bonchev–Trinajstić information content (AvgIpc) is 3.29. The first-order valence-corrected chi connectivity index (χ1v) is 15.5.